The van der Waals surface area contributed by atoms with Crippen molar-refractivity contribution in [1.29, 1.82) is 0 Å². The summed E-state index contributed by atoms with van der Waals surface area (Å²) >= 11 is 8.61. The van der Waals surface area contributed by atoms with Gasteiger partial charge in [0.05, 0.1) is 6.10 Å². The SMILES string of the molecule is Cc1cc(C(O)Cc2sccc2Br)ccc1Br. The number of aryl methyl sites for hydroxylation is 1. The third-order valence-electron chi connectivity index (χ3n) is 2.64. The lowest BCUT2D eigenvalue weighted by Gasteiger charge is -2.11. The molecule has 1 heterocycles. The summed E-state index contributed by atoms with van der Waals surface area (Å²) < 4.78 is 2.15. The molecule has 0 aliphatic carbocycles. The fraction of sp³-hybridized carbons (Fsp3) is 0.231. The molecule has 0 bridgehead atoms. The molecule has 1 atom stereocenters. The number of halogens is 2. The van der Waals surface area contributed by atoms with Crippen LogP contribution in [0.5, 0.6) is 0 Å². The maximum atomic E-state index is 10.2. The fourth-order valence-electron chi connectivity index (χ4n) is 1.64. The molecule has 17 heavy (non-hydrogen) atoms. The molecule has 0 spiro atoms. The minimum absolute atomic E-state index is 0.447. The van der Waals surface area contributed by atoms with Gasteiger partial charge in [-0.15, -0.1) is 11.3 Å². The Labute approximate surface area is 122 Å². The molecular formula is C13H12Br2OS. The zero-order valence-corrected chi connectivity index (χ0v) is 13.3. The Balaban J connectivity index is 2.17. The Morgan fingerprint density at radius 3 is 2.59 bits per heavy atom. The topological polar surface area (TPSA) is 20.2 Å². The second kappa shape index (κ2) is 5.65. The van der Waals surface area contributed by atoms with Gasteiger partial charge in [-0.2, -0.15) is 0 Å². The van der Waals surface area contributed by atoms with E-state index in [-0.39, 0.29) is 0 Å². The van der Waals surface area contributed by atoms with Crippen molar-refractivity contribution >= 4 is 43.2 Å². The van der Waals surface area contributed by atoms with E-state index in [0.29, 0.717) is 6.42 Å². The van der Waals surface area contributed by atoms with Crippen molar-refractivity contribution in [2.75, 3.05) is 0 Å². The van der Waals surface area contributed by atoms with Crippen LogP contribution >= 0.6 is 43.2 Å². The summed E-state index contributed by atoms with van der Waals surface area (Å²) in [6.07, 6.45) is 0.205. The molecule has 0 fully saturated rings. The summed E-state index contributed by atoms with van der Waals surface area (Å²) in [5, 5.41) is 12.2. The Morgan fingerprint density at radius 2 is 2.00 bits per heavy atom. The van der Waals surface area contributed by atoms with E-state index >= 15 is 0 Å². The Bertz CT molecular complexity index is 522. The van der Waals surface area contributed by atoms with Crippen molar-refractivity contribution in [2.45, 2.75) is 19.4 Å². The van der Waals surface area contributed by atoms with Gasteiger partial charge in [0.15, 0.2) is 0 Å². The average Bonchev–Trinajstić information content (AvgIpc) is 2.68. The smallest absolute Gasteiger partial charge is 0.0838 e. The number of benzene rings is 1. The van der Waals surface area contributed by atoms with Crippen LogP contribution in [0.15, 0.2) is 38.6 Å². The third kappa shape index (κ3) is 3.19. The first kappa shape index (κ1) is 13.3. The molecule has 0 saturated heterocycles. The first-order chi connectivity index (χ1) is 8.08. The van der Waals surface area contributed by atoms with Gasteiger partial charge in [0.2, 0.25) is 0 Å². The normalized spacial score (nSPS) is 12.7. The second-order valence-corrected chi connectivity index (χ2v) is 6.63. The Morgan fingerprint density at radius 1 is 1.24 bits per heavy atom. The zero-order chi connectivity index (χ0) is 12.4. The number of rotatable bonds is 3. The van der Waals surface area contributed by atoms with Crippen molar-refractivity contribution < 1.29 is 5.11 Å². The highest BCUT2D eigenvalue weighted by Crippen LogP contribution is 2.29. The van der Waals surface area contributed by atoms with Crippen molar-refractivity contribution in [1.82, 2.24) is 0 Å². The van der Waals surface area contributed by atoms with Crippen molar-refractivity contribution in [3.63, 3.8) is 0 Å². The molecule has 0 radical (unpaired) electrons. The first-order valence-electron chi connectivity index (χ1n) is 5.24. The van der Waals surface area contributed by atoms with Gasteiger partial charge in [-0.25, -0.2) is 0 Å². The predicted molar refractivity (Wildman–Crippen MR) is 79.6 cm³/mol. The van der Waals surface area contributed by atoms with Gasteiger partial charge in [-0.05, 0) is 51.5 Å². The van der Waals surface area contributed by atoms with Crippen LogP contribution in [0.4, 0.5) is 0 Å². The van der Waals surface area contributed by atoms with Crippen LogP contribution in [-0.2, 0) is 6.42 Å². The molecule has 0 aliphatic heterocycles. The highest BCUT2D eigenvalue weighted by molar-refractivity contribution is 9.10. The highest BCUT2D eigenvalue weighted by atomic mass is 79.9. The van der Waals surface area contributed by atoms with Crippen LogP contribution < -0.4 is 0 Å². The first-order valence-corrected chi connectivity index (χ1v) is 7.70. The summed E-state index contributed by atoms with van der Waals surface area (Å²) in [5.41, 5.74) is 2.11. The van der Waals surface area contributed by atoms with E-state index in [1.54, 1.807) is 11.3 Å². The second-order valence-electron chi connectivity index (χ2n) is 3.92. The van der Waals surface area contributed by atoms with E-state index in [1.807, 2.05) is 36.6 Å². The van der Waals surface area contributed by atoms with Crippen molar-refractivity contribution in [3.8, 4) is 0 Å². The van der Waals surface area contributed by atoms with Gasteiger partial charge in [0.1, 0.15) is 0 Å². The lowest BCUT2D eigenvalue weighted by molar-refractivity contribution is 0.179. The molecule has 0 amide bonds. The van der Waals surface area contributed by atoms with Crippen LogP contribution in [0, 0.1) is 6.92 Å². The summed E-state index contributed by atoms with van der Waals surface area (Å²) in [6.45, 7) is 2.03. The van der Waals surface area contributed by atoms with Crippen LogP contribution in [-0.4, -0.2) is 5.11 Å². The molecule has 1 N–H and O–H groups in total. The quantitative estimate of drug-likeness (QED) is 0.812. The minimum Gasteiger partial charge on any atom is -0.388 e. The monoisotopic (exact) mass is 374 g/mol. The van der Waals surface area contributed by atoms with Crippen molar-refractivity contribution in [3.05, 3.63) is 54.6 Å². The summed E-state index contributed by atoms with van der Waals surface area (Å²) in [4.78, 5) is 1.18. The van der Waals surface area contributed by atoms with E-state index in [2.05, 4.69) is 31.9 Å². The standard InChI is InChI=1S/C13H12Br2OS/c1-8-6-9(2-3-10(8)14)12(16)7-13-11(15)4-5-17-13/h2-6,12,16H,7H2,1H3. The number of aliphatic hydroxyl groups excluding tert-OH is 1. The Hall–Kier alpha value is -0.160. The predicted octanol–water partition coefficient (Wildman–Crippen LogP) is 4.86. The third-order valence-corrected chi connectivity index (χ3v) is 5.47. The molecule has 1 aromatic carbocycles. The van der Waals surface area contributed by atoms with E-state index in [9.17, 15) is 5.11 Å². The molecule has 0 saturated carbocycles. The molecule has 4 heteroatoms. The highest BCUT2D eigenvalue weighted by Gasteiger charge is 2.12. The lowest BCUT2D eigenvalue weighted by Crippen LogP contribution is -2.01. The van der Waals surface area contributed by atoms with Gasteiger partial charge in [-0.1, -0.05) is 28.1 Å². The van der Waals surface area contributed by atoms with Gasteiger partial charge in [-0.3, -0.25) is 0 Å². The van der Waals surface area contributed by atoms with Gasteiger partial charge in [0, 0.05) is 20.2 Å². The van der Waals surface area contributed by atoms with Crippen LogP contribution in [0.2, 0.25) is 0 Å². The number of thiophene rings is 1. The molecule has 2 aromatic rings. The van der Waals surface area contributed by atoms with Gasteiger partial charge < -0.3 is 5.11 Å². The number of aliphatic hydroxyl groups is 1. The summed E-state index contributed by atoms with van der Waals surface area (Å²) in [6, 6.07) is 7.98. The Kier molecular flexibility index (Phi) is 4.42. The van der Waals surface area contributed by atoms with Gasteiger partial charge in [0.25, 0.3) is 0 Å². The molecule has 1 nitrogen and oxygen atoms in total. The molecule has 0 aliphatic rings. The van der Waals surface area contributed by atoms with Gasteiger partial charge >= 0.3 is 0 Å². The lowest BCUT2D eigenvalue weighted by atomic mass is 10.0. The van der Waals surface area contributed by atoms with Crippen LogP contribution in [0.1, 0.15) is 22.1 Å². The molecule has 90 valence electrons. The van der Waals surface area contributed by atoms with E-state index in [0.717, 1.165) is 20.1 Å². The molecule has 1 aromatic heterocycles. The summed E-state index contributed by atoms with van der Waals surface area (Å²) in [7, 11) is 0. The number of hydrogen-bond acceptors (Lipinski definition) is 2. The van der Waals surface area contributed by atoms with Crippen molar-refractivity contribution in [2.24, 2.45) is 0 Å². The van der Waals surface area contributed by atoms with E-state index in [1.165, 1.54) is 4.88 Å². The average molecular weight is 376 g/mol. The molecule has 2 rings (SSSR count). The fourth-order valence-corrected chi connectivity index (χ4v) is 3.44. The van der Waals surface area contributed by atoms with E-state index in [4.69, 9.17) is 0 Å². The largest absolute Gasteiger partial charge is 0.388 e. The van der Waals surface area contributed by atoms with E-state index < -0.39 is 6.10 Å². The number of hydrogen-bond donors (Lipinski definition) is 1. The van der Waals surface area contributed by atoms with Crippen LogP contribution in [0.3, 0.4) is 0 Å². The maximum Gasteiger partial charge on any atom is 0.0838 e. The molecular weight excluding hydrogens is 364 g/mol. The molecule has 1 unspecified atom stereocenters. The summed E-state index contributed by atoms with van der Waals surface area (Å²) in [5.74, 6) is 0. The minimum atomic E-state index is -0.447. The zero-order valence-electron chi connectivity index (χ0n) is 9.28. The van der Waals surface area contributed by atoms with Crippen LogP contribution in [0.25, 0.3) is 0 Å². The maximum absolute atomic E-state index is 10.2.